The van der Waals surface area contributed by atoms with Gasteiger partial charge in [-0.3, -0.25) is 4.79 Å². The van der Waals surface area contributed by atoms with Crippen molar-refractivity contribution in [2.24, 2.45) is 0 Å². The van der Waals surface area contributed by atoms with Gasteiger partial charge in [-0.2, -0.15) is 0 Å². The first kappa shape index (κ1) is 18.3. The van der Waals surface area contributed by atoms with E-state index in [1.807, 2.05) is 47.8 Å². The van der Waals surface area contributed by atoms with Gasteiger partial charge in [-0.25, -0.2) is 0 Å². The van der Waals surface area contributed by atoms with Gasteiger partial charge in [-0.15, -0.1) is 22.7 Å². The average molecular weight is 436 g/mol. The number of aliphatic hydroxyl groups excluding tert-OH is 1. The molecule has 0 aliphatic carbocycles. The Balaban J connectivity index is 1.48. The molecule has 25 heavy (non-hydrogen) atoms. The zero-order valence-electron chi connectivity index (χ0n) is 13.4. The van der Waals surface area contributed by atoms with Crippen LogP contribution in [0.25, 0.3) is 9.75 Å². The number of aryl methyl sites for hydroxylation is 1. The summed E-state index contributed by atoms with van der Waals surface area (Å²) in [5.74, 6) is -0.0511. The summed E-state index contributed by atoms with van der Waals surface area (Å²) in [6.07, 6.45) is 0.400. The van der Waals surface area contributed by atoms with E-state index in [9.17, 15) is 9.90 Å². The maximum Gasteiger partial charge on any atom is 0.220 e. The number of hydrogen-bond donors (Lipinski definition) is 2. The fraction of sp³-hybridized carbons (Fsp3) is 0.211. The van der Waals surface area contributed by atoms with Crippen molar-refractivity contribution in [1.29, 1.82) is 0 Å². The predicted octanol–water partition coefficient (Wildman–Crippen LogP) is 5.02. The minimum atomic E-state index is -0.675. The summed E-state index contributed by atoms with van der Waals surface area (Å²) in [6.45, 7) is 0.235. The number of nitrogens with one attached hydrogen (secondary N) is 1. The molecule has 6 heteroatoms. The zero-order valence-corrected chi connectivity index (χ0v) is 16.7. The number of rotatable bonds is 7. The number of thiophene rings is 2. The largest absolute Gasteiger partial charge is 0.386 e. The SMILES string of the molecule is O=C(CCc1ccccc1Br)NCC(O)c1ccc(-c2cccs2)s1. The van der Waals surface area contributed by atoms with Crippen molar-refractivity contribution in [1.82, 2.24) is 5.32 Å². The third-order valence-electron chi connectivity index (χ3n) is 3.79. The van der Waals surface area contributed by atoms with Crippen LogP contribution in [0.5, 0.6) is 0 Å². The Hall–Kier alpha value is -1.47. The van der Waals surface area contributed by atoms with Crippen molar-refractivity contribution in [2.45, 2.75) is 18.9 Å². The van der Waals surface area contributed by atoms with Crippen LogP contribution < -0.4 is 5.32 Å². The van der Waals surface area contributed by atoms with E-state index in [2.05, 4.69) is 27.3 Å². The second-order valence-electron chi connectivity index (χ2n) is 5.59. The molecule has 3 rings (SSSR count). The minimum absolute atomic E-state index is 0.0511. The molecule has 0 radical (unpaired) electrons. The highest BCUT2D eigenvalue weighted by Gasteiger charge is 2.13. The van der Waals surface area contributed by atoms with Crippen molar-refractivity contribution in [3.05, 3.63) is 68.8 Å². The van der Waals surface area contributed by atoms with E-state index in [0.29, 0.717) is 12.8 Å². The van der Waals surface area contributed by atoms with Gasteiger partial charge in [-0.05, 0) is 41.6 Å². The number of carbonyl (C=O) groups excluding carboxylic acids is 1. The Morgan fingerprint density at radius 1 is 1.12 bits per heavy atom. The zero-order chi connectivity index (χ0) is 17.6. The van der Waals surface area contributed by atoms with E-state index in [4.69, 9.17) is 0 Å². The lowest BCUT2D eigenvalue weighted by atomic mass is 10.1. The highest BCUT2D eigenvalue weighted by Crippen LogP contribution is 2.33. The summed E-state index contributed by atoms with van der Waals surface area (Å²) < 4.78 is 1.02. The summed E-state index contributed by atoms with van der Waals surface area (Å²) in [7, 11) is 0. The highest BCUT2D eigenvalue weighted by atomic mass is 79.9. The van der Waals surface area contributed by atoms with Crippen LogP contribution in [0.3, 0.4) is 0 Å². The molecule has 1 unspecified atom stereocenters. The number of benzene rings is 1. The molecule has 0 aliphatic rings. The second kappa shape index (κ2) is 8.76. The lowest BCUT2D eigenvalue weighted by Gasteiger charge is -2.10. The lowest BCUT2D eigenvalue weighted by molar-refractivity contribution is -0.121. The molecule has 0 fully saturated rings. The Labute approximate surface area is 163 Å². The maximum atomic E-state index is 12.0. The molecular weight excluding hydrogens is 418 g/mol. The lowest BCUT2D eigenvalue weighted by Crippen LogP contribution is -2.28. The number of hydrogen-bond acceptors (Lipinski definition) is 4. The fourth-order valence-corrected chi connectivity index (χ4v) is 4.74. The quantitative estimate of drug-likeness (QED) is 0.546. The topological polar surface area (TPSA) is 49.3 Å². The molecule has 2 aromatic heterocycles. The summed E-state index contributed by atoms with van der Waals surface area (Å²) >= 11 is 6.73. The van der Waals surface area contributed by atoms with Gasteiger partial charge in [-0.1, -0.05) is 40.2 Å². The van der Waals surface area contributed by atoms with Gasteiger partial charge >= 0.3 is 0 Å². The van der Waals surface area contributed by atoms with Crippen LogP contribution in [0, 0.1) is 0 Å². The third-order valence-corrected chi connectivity index (χ3v) is 6.82. The first-order valence-electron chi connectivity index (χ1n) is 7.95. The third kappa shape index (κ3) is 5.01. The van der Waals surface area contributed by atoms with Crippen molar-refractivity contribution in [3.63, 3.8) is 0 Å². The number of amides is 1. The van der Waals surface area contributed by atoms with Crippen molar-refractivity contribution in [2.75, 3.05) is 6.54 Å². The first-order valence-corrected chi connectivity index (χ1v) is 10.4. The van der Waals surface area contributed by atoms with E-state index in [0.717, 1.165) is 19.8 Å². The number of aliphatic hydroxyl groups is 1. The van der Waals surface area contributed by atoms with Crippen LogP contribution in [0.2, 0.25) is 0 Å². The van der Waals surface area contributed by atoms with Gasteiger partial charge in [0.25, 0.3) is 0 Å². The molecule has 1 atom stereocenters. The van der Waals surface area contributed by atoms with Crippen LogP contribution in [0.4, 0.5) is 0 Å². The van der Waals surface area contributed by atoms with Gasteiger partial charge in [0.05, 0.1) is 0 Å². The molecule has 0 saturated heterocycles. The van der Waals surface area contributed by atoms with E-state index < -0.39 is 6.10 Å². The van der Waals surface area contributed by atoms with Crippen LogP contribution in [0.1, 0.15) is 23.0 Å². The number of carbonyl (C=O) groups is 1. The smallest absolute Gasteiger partial charge is 0.220 e. The molecule has 3 aromatic rings. The molecule has 130 valence electrons. The highest BCUT2D eigenvalue weighted by molar-refractivity contribution is 9.10. The van der Waals surface area contributed by atoms with Crippen LogP contribution >= 0.6 is 38.6 Å². The predicted molar refractivity (Wildman–Crippen MR) is 108 cm³/mol. The molecule has 0 spiro atoms. The Morgan fingerprint density at radius 3 is 2.72 bits per heavy atom. The molecule has 1 amide bonds. The van der Waals surface area contributed by atoms with E-state index in [1.165, 1.54) is 4.88 Å². The fourth-order valence-electron chi connectivity index (χ4n) is 2.43. The Morgan fingerprint density at radius 2 is 1.96 bits per heavy atom. The monoisotopic (exact) mass is 435 g/mol. The molecule has 3 nitrogen and oxygen atoms in total. The molecule has 2 heterocycles. The van der Waals surface area contributed by atoms with E-state index in [-0.39, 0.29) is 12.5 Å². The summed E-state index contributed by atoms with van der Waals surface area (Å²) in [5.41, 5.74) is 1.11. The summed E-state index contributed by atoms with van der Waals surface area (Å²) in [4.78, 5) is 15.2. The van der Waals surface area contributed by atoms with Gasteiger partial charge < -0.3 is 10.4 Å². The normalized spacial score (nSPS) is 12.1. The average Bonchev–Trinajstić information content (AvgIpc) is 3.30. The summed E-state index contributed by atoms with van der Waals surface area (Å²) in [5, 5.41) is 15.2. The molecule has 2 N–H and O–H groups in total. The van der Waals surface area contributed by atoms with Crippen molar-refractivity contribution >= 4 is 44.5 Å². The first-order chi connectivity index (χ1) is 12.1. The standard InChI is InChI=1S/C19H18BrNO2S2/c20-14-5-2-1-4-13(14)7-10-19(23)21-12-15(22)16-8-9-18(25-16)17-6-3-11-24-17/h1-6,8-9,11,15,22H,7,10,12H2,(H,21,23). The minimum Gasteiger partial charge on any atom is -0.386 e. The number of halogens is 1. The van der Waals surface area contributed by atoms with Crippen molar-refractivity contribution in [3.8, 4) is 9.75 Å². The molecule has 0 aliphatic heterocycles. The Kier molecular flexibility index (Phi) is 6.42. The van der Waals surface area contributed by atoms with Gasteiger partial charge in [0.15, 0.2) is 0 Å². The Bertz CT molecular complexity index is 830. The van der Waals surface area contributed by atoms with Crippen molar-refractivity contribution < 1.29 is 9.90 Å². The maximum absolute atomic E-state index is 12.0. The van der Waals surface area contributed by atoms with Gasteiger partial charge in [0, 0.05) is 32.1 Å². The van der Waals surface area contributed by atoms with Crippen LogP contribution in [-0.2, 0) is 11.2 Å². The van der Waals surface area contributed by atoms with Crippen LogP contribution in [0.15, 0.2) is 58.4 Å². The van der Waals surface area contributed by atoms with Crippen LogP contribution in [-0.4, -0.2) is 17.6 Å². The molecule has 0 bridgehead atoms. The summed E-state index contributed by atoms with van der Waals surface area (Å²) in [6, 6.07) is 15.9. The van der Waals surface area contributed by atoms with E-state index >= 15 is 0 Å². The molecule has 1 aromatic carbocycles. The molecular formula is C19H18BrNO2S2. The van der Waals surface area contributed by atoms with E-state index in [1.54, 1.807) is 22.7 Å². The molecule has 0 saturated carbocycles. The van der Waals surface area contributed by atoms with Gasteiger partial charge in [0.1, 0.15) is 6.10 Å². The second-order valence-corrected chi connectivity index (χ2v) is 8.51. The van der Waals surface area contributed by atoms with Gasteiger partial charge in [0.2, 0.25) is 5.91 Å².